The van der Waals surface area contributed by atoms with Crippen molar-refractivity contribution in [1.29, 1.82) is 5.26 Å². The smallest absolute Gasteiger partial charge is 0.289 e. The normalized spacial score (nSPS) is 23.3. The minimum absolute atomic E-state index is 0.00941. The second kappa shape index (κ2) is 16.4. The van der Waals surface area contributed by atoms with Crippen LogP contribution in [-0.4, -0.2) is 102 Å². The van der Waals surface area contributed by atoms with Gasteiger partial charge in [0.25, 0.3) is 11.8 Å². The molecule has 0 unspecified atom stereocenters. The maximum Gasteiger partial charge on any atom is 0.289 e. The lowest BCUT2D eigenvalue weighted by Gasteiger charge is -2.63. The monoisotopic (exact) mass is 789 g/mol. The lowest BCUT2D eigenvalue weighted by Crippen LogP contribution is -2.74. The molecule has 2 aromatic carbocycles. The van der Waals surface area contributed by atoms with E-state index in [1.165, 1.54) is 0 Å². The van der Waals surface area contributed by atoms with E-state index in [4.69, 9.17) is 4.74 Å². The summed E-state index contributed by atoms with van der Waals surface area (Å²) in [5.41, 5.74) is 4.50. The number of benzene rings is 2. The van der Waals surface area contributed by atoms with Crippen molar-refractivity contribution in [2.75, 3.05) is 55.6 Å². The van der Waals surface area contributed by atoms with E-state index < -0.39 is 17.9 Å². The van der Waals surface area contributed by atoms with Gasteiger partial charge in [-0.15, -0.1) is 0 Å². The zero-order valence-corrected chi connectivity index (χ0v) is 34.4. The molecule has 1 saturated carbocycles. The van der Waals surface area contributed by atoms with Gasteiger partial charge in [-0.3, -0.25) is 29.4 Å². The first kappa shape index (κ1) is 40.6. The molecule has 1 atom stereocenters. The Hall–Kier alpha value is -5.55. The zero-order valence-electron chi connectivity index (χ0n) is 34.4. The standard InChI is InChI=1S/C44H55N9O5/c1-27-21-33(22-28(2)34(27)23-45)58-42-43(3,4)41(44(42,5)6)50-38(55)30-7-9-31(10-8-30)52-15-13-29(14-16-52)26-51-17-19-53(20-18-51)32-24-46-37(47-25-32)40(57)48-35-11-12-36(54)49-39(35)56/h7-10,21-22,24-25,29,35,41-42H,11-20,26H2,1-6H3,(H,48,57)(H,50,55)(H,49,54,56)/t35-,41?,42?/m0/s1. The van der Waals surface area contributed by atoms with Gasteiger partial charge in [0.1, 0.15) is 17.9 Å². The molecule has 7 rings (SSSR count). The van der Waals surface area contributed by atoms with Crippen molar-refractivity contribution >= 4 is 35.0 Å². The number of carbonyl (C=O) groups excluding carboxylic acids is 4. The third kappa shape index (κ3) is 8.36. The highest BCUT2D eigenvalue weighted by Crippen LogP contribution is 2.55. The molecule has 3 aliphatic heterocycles. The molecule has 3 aromatic rings. The van der Waals surface area contributed by atoms with Crippen LogP contribution in [0.15, 0.2) is 48.8 Å². The SMILES string of the molecule is Cc1cc(OC2C(C)(C)C(NC(=O)c3ccc(N4CCC(CN5CCN(c6cnc(C(=O)N[C@H]7CCC(=O)NC7=O)nc6)CC5)CC4)cc3)C2(C)C)cc(C)c1C#N. The number of rotatable bonds is 10. The number of amides is 4. The Kier molecular flexibility index (Phi) is 11.5. The number of aromatic nitrogens is 2. The molecule has 1 aliphatic carbocycles. The van der Waals surface area contributed by atoms with Crippen molar-refractivity contribution in [2.45, 2.75) is 85.4 Å². The molecule has 0 spiro atoms. The Morgan fingerprint density at radius 1 is 0.845 bits per heavy atom. The van der Waals surface area contributed by atoms with Crippen LogP contribution in [0.3, 0.4) is 0 Å². The maximum absolute atomic E-state index is 13.5. The molecular weight excluding hydrogens is 735 g/mol. The van der Waals surface area contributed by atoms with E-state index in [1.54, 1.807) is 12.4 Å². The Morgan fingerprint density at radius 2 is 1.45 bits per heavy atom. The fourth-order valence-corrected chi connectivity index (χ4v) is 9.73. The van der Waals surface area contributed by atoms with E-state index in [9.17, 15) is 24.4 Å². The van der Waals surface area contributed by atoms with Crippen molar-refractivity contribution in [1.82, 2.24) is 30.8 Å². The maximum atomic E-state index is 13.5. The highest BCUT2D eigenvalue weighted by molar-refractivity contribution is 6.03. The fourth-order valence-electron chi connectivity index (χ4n) is 9.73. The first-order valence-electron chi connectivity index (χ1n) is 20.4. The van der Waals surface area contributed by atoms with Crippen LogP contribution in [0.1, 0.15) is 91.0 Å². The van der Waals surface area contributed by atoms with Gasteiger partial charge in [-0.25, -0.2) is 9.97 Å². The van der Waals surface area contributed by atoms with Crippen LogP contribution in [0.25, 0.3) is 0 Å². The van der Waals surface area contributed by atoms with Gasteiger partial charge in [-0.05, 0) is 86.6 Å². The van der Waals surface area contributed by atoms with Gasteiger partial charge in [0, 0.05) is 80.4 Å². The lowest BCUT2D eigenvalue weighted by atomic mass is 9.49. The molecule has 0 radical (unpaired) electrons. The summed E-state index contributed by atoms with van der Waals surface area (Å²) in [6, 6.07) is 13.3. The van der Waals surface area contributed by atoms with Crippen LogP contribution in [0.4, 0.5) is 11.4 Å². The number of hydrogen-bond donors (Lipinski definition) is 3. The Balaban J connectivity index is 0.837. The van der Waals surface area contributed by atoms with E-state index in [0.29, 0.717) is 17.0 Å². The second-order valence-electron chi connectivity index (χ2n) is 17.6. The molecular formula is C44H55N9O5. The van der Waals surface area contributed by atoms with E-state index in [1.807, 2.05) is 38.1 Å². The molecule has 3 N–H and O–H groups in total. The van der Waals surface area contributed by atoms with Gasteiger partial charge in [-0.2, -0.15) is 5.26 Å². The van der Waals surface area contributed by atoms with Crippen molar-refractivity contribution in [3.63, 3.8) is 0 Å². The van der Waals surface area contributed by atoms with Gasteiger partial charge in [0.15, 0.2) is 0 Å². The fraction of sp³-hybridized carbons (Fsp3) is 0.523. The van der Waals surface area contributed by atoms with Crippen LogP contribution in [0, 0.1) is 41.9 Å². The Bertz CT molecular complexity index is 2040. The molecule has 4 aliphatic rings. The van der Waals surface area contributed by atoms with E-state index in [-0.39, 0.29) is 53.5 Å². The summed E-state index contributed by atoms with van der Waals surface area (Å²) in [4.78, 5) is 65.2. The molecule has 0 bridgehead atoms. The molecule has 14 heteroatoms. The van der Waals surface area contributed by atoms with Crippen molar-refractivity contribution in [2.24, 2.45) is 16.7 Å². The lowest BCUT2D eigenvalue weighted by molar-refractivity contribution is -0.164. The van der Waals surface area contributed by atoms with E-state index in [2.05, 4.69) is 86.5 Å². The van der Waals surface area contributed by atoms with Gasteiger partial charge in [0.2, 0.25) is 17.6 Å². The molecule has 58 heavy (non-hydrogen) atoms. The van der Waals surface area contributed by atoms with Crippen LogP contribution >= 0.6 is 0 Å². The zero-order chi connectivity index (χ0) is 41.4. The number of ether oxygens (including phenoxy) is 1. The number of nitrogens with zero attached hydrogens (tertiary/aromatic N) is 6. The van der Waals surface area contributed by atoms with Gasteiger partial charge in [0.05, 0.1) is 29.7 Å². The molecule has 1 aromatic heterocycles. The summed E-state index contributed by atoms with van der Waals surface area (Å²) in [6.07, 6.45) is 5.84. The summed E-state index contributed by atoms with van der Waals surface area (Å²) in [5.74, 6) is -0.113. The topological polar surface area (TPSA) is 173 Å². The summed E-state index contributed by atoms with van der Waals surface area (Å²) < 4.78 is 6.54. The predicted octanol–water partition coefficient (Wildman–Crippen LogP) is 4.15. The van der Waals surface area contributed by atoms with E-state index >= 15 is 0 Å². The third-order valence-electron chi connectivity index (χ3n) is 12.7. The molecule has 3 saturated heterocycles. The largest absolute Gasteiger partial charge is 0.489 e. The number of carbonyl (C=O) groups is 4. The molecule has 4 fully saturated rings. The number of imide groups is 1. The second-order valence-corrected chi connectivity index (χ2v) is 17.6. The number of anilines is 2. The molecule has 4 heterocycles. The number of piperazine rings is 1. The quantitative estimate of drug-likeness (QED) is 0.252. The Morgan fingerprint density at radius 3 is 2.03 bits per heavy atom. The molecule has 306 valence electrons. The number of nitrogens with one attached hydrogen (secondary N) is 3. The van der Waals surface area contributed by atoms with Crippen LogP contribution in [0.5, 0.6) is 5.75 Å². The van der Waals surface area contributed by atoms with Crippen LogP contribution in [0.2, 0.25) is 0 Å². The van der Waals surface area contributed by atoms with Gasteiger partial charge < -0.3 is 25.2 Å². The van der Waals surface area contributed by atoms with Crippen molar-refractivity contribution in [3.05, 3.63) is 76.9 Å². The highest BCUT2D eigenvalue weighted by Gasteiger charge is 2.64. The Labute approximate surface area is 340 Å². The van der Waals surface area contributed by atoms with Gasteiger partial charge in [-0.1, -0.05) is 27.7 Å². The summed E-state index contributed by atoms with van der Waals surface area (Å²) in [6.45, 7) is 19.0. The minimum atomic E-state index is -0.771. The first-order valence-corrected chi connectivity index (χ1v) is 20.4. The predicted molar refractivity (Wildman–Crippen MR) is 220 cm³/mol. The molecule has 4 amide bonds. The van der Waals surface area contributed by atoms with Crippen molar-refractivity contribution < 1.29 is 23.9 Å². The average Bonchev–Trinajstić information content (AvgIpc) is 3.20. The minimum Gasteiger partial charge on any atom is -0.489 e. The first-order chi connectivity index (χ1) is 27.6. The van der Waals surface area contributed by atoms with Gasteiger partial charge >= 0.3 is 0 Å². The van der Waals surface area contributed by atoms with Crippen LogP contribution < -0.4 is 30.5 Å². The van der Waals surface area contributed by atoms with Crippen LogP contribution in [-0.2, 0) is 9.59 Å². The number of aryl methyl sites for hydroxylation is 2. The third-order valence-corrected chi connectivity index (χ3v) is 12.7. The van der Waals surface area contributed by atoms with Crippen molar-refractivity contribution in [3.8, 4) is 11.8 Å². The summed E-state index contributed by atoms with van der Waals surface area (Å²) in [5, 5.41) is 17.6. The molecule has 14 nitrogen and oxygen atoms in total. The number of piperidine rings is 2. The number of nitriles is 1. The summed E-state index contributed by atoms with van der Waals surface area (Å²) >= 11 is 0. The van der Waals surface area contributed by atoms with E-state index in [0.717, 1.165) is 86.9 Å². The highest BCUT2D eigenvalue weighted by atomic mass is 16.5. The average molecular weight is 790 g/mol. The summed E-state index contributed by atoms with van der Waals surface area (Å²) in [7, 11) is 0. The number of hydrogen-bond acceptors (Lipinski definition) is 11.